The molecule has 0 aliphatic carbocycles. The van der Waals surface area contributed by atoms with Crippen LogP contribution in [0.15, 0.2) is 16.7 Å². The van der Waals surface area contributed by atoms with Crippen molar-refractivity contribution in [1.29, 1.82) is 5.26 Å². The Morgan fingerprint density at radius 2 is 2.41 bits per heavy atom. The molecule has 0 spiro atoms. The van der Waals surface area contributed by atoms with Crippen LogP contribution in [0.5, 0.6) is 0 Å². The Labute approximate surface area is 97.2 Å². The van der Waals surface area contributed by atoms with E-state index < -0.39 is 0 Å². The molecule has 3 heterocycles. The van der Waals surface area contributed by atoms with Crippen LogP contribution in [-0.4, -0.2) is 28.3 Å². The standard InChI is InChI=1S/C11H10N4O2/c12-5-8-1-2-9(13-8)11-14-10(15-17-11)7-3-4-16-6-7/h1-2,7,13H,3-4,6H2. The highest BCUT2D eigenvalue weighted by atomic mass is 16.5. The van der Waals surface area contributed by atoms with Gasteiger partial charge in [-0.1, -0.05) is 5.16 Å². The molecule has 17 heavy (non-hydrogen) atoms. The van der Waals surface area contributed by atoms with Crippen molar-refractivity contribution in [3.63, 3.8) is 0 Å². The molecule has 2 aromatic rings. The minimum Gasteiger partial charge on any atom is -0.381 e. The molecular formula is C11H10N4O2. The summed E-state index contributed by atoms with van der Waals surface area (Å²) in [5, 5.41) is 12.7. The lowest BCUT2D eigenvalue weighted by molar-refractivity contribution is 0.192. The summed E-state index contributed by atoms with van der Waals surface area (Å²) in [7, 11) is 0. The molecule has 0 radical (unpaired) electrons. The minimum atomic E-state index is 0.220. The first-order chi connectivity index (χ1) is 8.36. The van der Waals surface area contributed by atoms with Gasteiger partial charge in [-0.25, -0.2) is 0 Å². The third kappa shape index (κ3) is 1.81. The molecule has 1 fully saturated rings. The van der Waals surface area contributed by atoms with Gasteiger partial charge in [0.25, 0.3) is 5.89 Å². The van der Waals surface area contributed by atoms with Gasteiger partial charge in [0.2, 0.25) is 0 Å². The summed E-state index contributed by atoms with van der Waals surface area (Å²) >= 11 is 0. The molecule has 86 valence electrons. The number of ether oxygens (including phenoxy) is 1. The van der Waals surface area contributed by atoms with Crippen molar-refractivity contribution in [3.8, 4) is 17.7 Å². The second-order valence-corrected chi connectivity index (χ2v) is 3.92. The maximum absolute atomic E-state index is 8.71. The van der Waals surface area contributed by atoms with Gasteiger partial charge in [-0.05, 0) is 18.6 Å². The number of nitriles is 1. The van der Waals surface area contributed by atoms with Crippen LogP contribution < -0.4 is 0 Å². The van der Waals surface area contributed by atoms with Crippen molar-refractivity contribution in [2.24, 2.45) is 0 Å². The van der Waals surface area contributed by atoms with Crippen molar-refractivity contribution in [2.45, 2.75) is 12.3 Å². The van der Waals surface area contributed by atoms with Gasteiger partial charge in [0, 0.05) is 12.5 Å². The molecule has 3 rings (SSSR count). The second-order valence-electron chi connectivity index (χ2n) is 3.92. The van der Waals surface area contributed by atoms with Crippen LogP contribution in [0.2, 0.25) is 0 Å². The summed E-state index contributed by atoms with van der Waals surface area (Å²) in [5.74, 6) is 1.30. The van der Waals surface area contributed by atoms with Gasteiger partial charge in [0.05, 0.1) is 6.61 Å². The van der Waals surface area contributed by atoms with E-state index in [2.05, 4.69) is 15.1 Å². The summed E-state index contributed by atoms with van der Waals surface area (Å²) in [6.45, 7) is 1.39. The normalized spacial score (nSPS) is 19.4. The Hall–Kier alpha value is -2.13. The molecule has 1 aliphatic heterocycles. The van der Waals surface area contributed by atoms with Crippen LogP contribution in [0.25, 0.3) is 11.6 Å². The summed E-state index contributed by atoms with van der Waals surface area (Å²) in [5.41, 5.74) is 1.14. The number of rotatable bonds is 2. The van der Waals surface area contributed by atoms with Crippen LogP contribution in [-0.2, 0) is 4.74 Å². The third-order valence-electron chi connectivity index (χ3n) is 2.77. The van der Waals surface area contributed by atoms with E-state index in [9.17, 15) is 0 Å². The van der Waals surface area contributed by atoms with E-state index in [1.807, 2.05) is 6.07 Å². The molecule has 0 bridgehead atoms. The van der Waals surface area contributed by atoms with E-state index in [1.54, 1.807) is 12.1 Å². The first kappa shape index (κ1) is 10.1. The number of nitrogens with one attached hydrogen (secondary N) is 1. The van der Waals surface area contributed by atoms with Gasteiger partial charge < -0.3 is 14.2 Å². The number of hydrogen-bond acceptors (Lipinski definition) is 5. The summed E-state index contributed by atoms with van der Waals surface area (Å²) in [4.78, 5) is 7.21. The van der Waals surface area contributed by atoms with Crippen molar-refractivity contribution >= 4 is 0 Å². The highest BCUT2D eigenvalue weighted by molar-refractivity contribution is 5.49. The van der Waals surface area contributed by atoms with E-state index in [1.165, 1.54) is 0 Å². The van der Waals surface area contributed by atoms with Crippen molar-refractivity contribution in [1.82, 2.24) is 15.1 Å². The molecule has 2 aromatic heterocycles. The van der Waals surface area contributed by atoms with Crippen LogP contribution in [0.1, 0.15) is 23.9 Å². The maximum atomic E-state index is 8.71. The molecule has 0 saturated carbocycles. The quantitative estimate of drug-likeness (QED) is 0.843. The monoisotopic (exact) mass is 230 g/mol. The van der Waals surface area contributed by atoms with Crippen LogP contribution in [0.4, 0.5) is 0 Å². The Kier molecular flexibility index (Phi) is 2.38. The van der Waals surface area contributed by atoms with E-state index in [4.69, 9.17) is 14.5 Å². The van der Waals surface area contributed by atoms with Gasteiger partial charge in [-0.2, -0.15) is 10.2 Å². The summed E-state index contributed by atoms with van der Waals surface area (Å²) < 4.78 is 10.4. The lowest BCUT2D eigenvalue weighted by atomic mass is 10.1. The molecule has 6 nitrogen and oxygen atoms in total. The molecule has 0 amide bonds. The first-order valence-corrected chi connectivity index (χ1v) is 5.37. The molecular weight excluding hydrogens is 220 g/mol. The van der Waals surface area contributed by atoms with E-state index >= 15 is 0 Å². The van der Waals surface area contributed by atoms with E-state index in [0.717, 1.165) is 13.0 Å². The number of nitrogens with zero attached hydrogens (tertiary/aromatic N) is 3. The predicted molar refractivity (Wildman–Crippen MR) is 57.0 cm³/mol. The predicted octanol–water partition coefficient (Wildman–Crippen LogP) is 1.44. The molecule has 0 aromatic carbocycles. The van der Waals surface area contributed by atoms with Gasteiger partial charge >= 0.3 is 0 Å². The van der Waals surface area contributed by atoms with Crippen molar-refractivity contribution in [2.75, 3.05) is 13.2 Å². The minimum absolute atomic E-state index is 0.220. The zero-order valence-corrected chi connectivity index (χ0v) is 9.01. The van der Waals surface area contributed by atoms with E-state index in [-0.39, 0.29) is 5.92 Å². The van der Waals surface area contributed by atoms with Gasteiger partial charge in [-0.3, -0.25) is 0 Å². The zero-order chi connectivity index (χ0) is 11.7. The third-order valence-corrected chi connectivity index (χ3v) is 2.77. The maximum Gasteiger partial charge on any atom is 0.274 e. The number of aromatic nitrogens is 3. The molecule has 1 saturated heterocycles. The van der Waals surface area contributed by atoms with Gasteiger partial charge in [0.1, 0.15) is 17.5 Å². The Morgan fingerprint density at radius 1 is 1.47 bits per heavy atom. The molecule has 6 heteroatoms. The fourth-order valence-corrected chi connectivity index (χ4v) is 1.83. The largest absolute Gasteiger partial charge is 0.381 e. The van der Waals surface area contributed by atoms with Crippen LogP contribution >= 0.6 is 0 Å². The molecule has 1 atom stereocenters. The Morgan fingerprint density at radius 3 is 3.12 bits per heavy atom. The van der Waals surface area contributed by atoms with Crippen LogP contribution in [0.3, 0.4) is 0 Å². The highest BCUT2D eigenvalue weighted by Gasteiger charge is 2.23. The molecule has 1 N–H and O–H groups in total. The summed E-state index contributed by atoms with van der Waals surface area (Å²) in [6, 6.07) is 5.44. The first-order valence-electron chi connectivity index (χ1n) is 5.37. The van der Waals surface area contributed by atoms with Crippen LogP contribution in [0, 0.1) is 11.3 Å². The van der Waals surface area contributed by atoms with Gasteiger partial charge in [-0.15, -0.1) is 0 Å². The van der Waals surface area contributed by atoms with Crippen molar-refractivity contribution < 1.29 is 9.26 Å². The smallest absolute Gasteiger partial charge is 0.274 e. The fourth-order valence-electron chi connectivity index (χ4n) is 1.83. The lowest BCUT2D eigenvalue weighted by Gasteiger charge is -1.97. The number of hydrogen-bond donors (Lipinski definition) is 1. The zero-order valence-electron chi connectivity index (χ0n) is 9.01. The second kappa shape index (κ2) is 4.03. The summed E-state index contributed by atoms with van der Waals surface area (Å²) in [6.07, 6.45) is 0.924. The molecule has 1 unspecified atom stereocenters. The number of H-pyrrole nitrogens is 1. The Bertz CT molecular complexity index is 560. The fraction of sp³-hybridized carbons (Fsp3) is 0.364. The molecule has 1 aliphatic rings. The average molecular weight is 230 g/mol. The SMILES string of the molecule is N#Cc1ccc(-c2nc(C3CCOC3)no2)[nH]1. The average Bonchev–Trinajstić information content (AvgIpc) is 3.09. The lowest BCUT2D eigenvalue weighted by Crippen LogP contribution is -1.99. The topological polar surface area (TPSA) is 87.7 Å². The number of aromatic amines is 1. The van der Waals surface area contributed by atoms with Gasteiger partial charge in [0.15, 0.2) is 5.82 Å². The van der Waals surface area contributed by atoms with E-state index in [0.29, 0.717) is 29.7 Å². The van der Waals surface area contributed by atoms with Crippen molar-refractivity contribution in [3.05, 3.63) is 23.7 Å². The highest BCUT2D eigenvalue weighted by Crippen LogP contribution is 2.25. The Balaban J connectivity index is 1.86.